The molecule has 1 fully saturated rings. The van der Waals surface area contributed by atoms with Crippen LogP contribution in [0.5, 0.6) is 0 Å². The van der Waals surface area contributed by atoms with Gasteiger partial charge in [-0.3, -0.25) is 4.79 Å². The lowest BCUT2D eigenvalue weighted by Crippen LogP contribution is -2.42. The first-order chi connectivity index (χ1) is 9.04. The van der Waals surface area contributed by atoms with Gasteiger partial charge in [0.05, 0.1) is 6.04 Å². The fourth-order valence-corrected chi connectivity index (χ4v) is 3.04. The van der Waals surface area contributed by atoms with Gasteiger partial charge in [0.1, 0.15) is 0 Å². The zero-order valence-corrected chi connectivity index (χ0v) is 12.9. The minimum Gasteiger partial charge on any atom is -0.350 e. The van der Waals surface area contributed by atoms with E-state index in [2.05, 4.69) is 21.2 Å². The maximum absolute atomic E-state index is 12.1. The molecule has 0 heterocycles. The molecule has 0 bridgehead atoms. The average molecular weight is 325 g/mol. The molecule has 1 aromatic rings. The van der Waals surface area contributed by atoms with Crippen molar-refractivity contribution in [2.24, 2.45) is 11.1 Å². The van der Waals surface area contributed by atoms with Gasteiger partial charge in [-0.2, -0.15) is 0 Å². The van der Waals surface area contributed by atoms with Gasteiger partial charge in [-0.1, -0.05) is 34.5 Å². The smallest absolute Gasteiger partial charge is 0.221 e. The number of nitrogens with two attached hydrogens (primary N) is 1. The molecule has 3 N–H and O–H groups in total. The maximum Gasteiger partial charge on any atom is 0.221 e. The maximum atomic E-state index is 12.1. The van der Waals surface area contributed by atoms with Gasteiger partial charge in [0.2, 0.25) is 5.91 Å². The van der Waals surface area contributed by atoms with Crippen LogP contribution in [0.4, 0.5) is 0 Å². The molecule has 1 saturated carbocycles. The van der Waals surface area contributed by atoms with Crippen LogP contribution >= 0.6 is 15.9 Å². The third-order valence-corrected chi connectivity index (χ3v) is 4.60. The van der Waals surface area contributed by atoms with Crippen LogP contribution in [0.3, 0.4) is 0 Å². The molecule has 2 rings (SSSR count). The zero-order chi connectivity index (χ0) is 13.9. The minimum atomic E-state index is 0.0277. The van der Waals surface area contributed by atoms with E-state index < -0.39 is 0 Å². The van der Waals surface area contributed by atoms with Crippen LogP contribution in [0.2, 0.25) is 0 Å². The molecule has 0 aromatic heterocycles. The number of amides is 1. The van der Waals surface area contributed by atoms with Crippen LogP contribution in [-0.2, 0) is 4.79 Å². The second-order valence-corrected chi connectivity index (χ2v) is 6.49. The number of carbonyl (C=O) groups is 1. The van der Waals surface area contributed by atoms with Gasteiger partial charge in [0, 0.05) is 10.9 Å². The standard InChI is InChI=1S/C15H21BrN2O/c1-11(12-4-2-5-13(16)8-12)18-14(19)9-15(10-17)6-3-7-15/h2,4-5,8,11H,3,6-7,9-10,17H2,1H3,(H,18,19)/t11-/m1/s1. The third kappa shape index (κ3) is 3.57. The van der Waals surface area contributed by atoms with Crippen molar-refractivity contribution < 1.29 is 4.79 Å². The van der Waals surface area contributed by atoms with E-state index in [4.69, 9.17) is 5.73 Å². The van der Waals surface area contributed by atoms with Crippen LogP contribution in [-0.4, -0.2) is 12.5 Å². The van der Waals surface area contributed by atoms with E-state index in [9.17, 15) is 4.79 Å². The Balaban J connectivity index is 1.91. The summed E-state index contributed by atoms with van der Waals surface area (Å²) in [5.41, 5.74) is 6.97. The number of hydrogen-bond donors (Lipinski definition) is 2. The fourth-order valence-electron chi connectivity index (χ4n) is 2.62. The largest absolute Gasteiger partial charge is 0.350 e. The van der Waals surface area contributed by atoms with E-state index in [0.29, 0.717) is 13.0 Å². The van der Waals surface area contributed by atoms with Crippen molar-refractivity contribution in [3.8, 4) is 0 Å². The van der Waals surface area contributed by atoms with Gasteiger partial charge >= 0.3 is 0 Å². The highest BCUT2D eigenvalue weighted by Crippen LogP contribution is 2.42. The second-order valence-electron chi connectivity index (χ2n) is 5.58. The van der Waals surface area contributed by atoms with Gasteiger partial charge in [-0.25, -0.2) is 0 Å². The molecule has 0 aliphatic heterocycles. The predicted molar refractivity (Wildman–Crippen MR) is 80.7 cm³/mol. The van der Waals surface area contributed by atoms with Crippen molar-refractivity contribution >= 4 is 21.8 Å². The first kappa shape index (κ1) is 14.5. The molecule has 1 aromatic carbocycles. The van der Waals surface area contributed by atoms with E-state index in [1.807, 2.05) is 31.2 Å². The number of halogens is 1. The van der Waals surface area contributed by atoms with Crippen LogP contribution in [0.15, 0.2) is 28.7 Å². The number of hydrogen-bond acceptors (Lipinski definition) is 2. The highest BCUT2D eigenvalue weighted by Gasteiger charge is 2.37. The van der Waals surface area contributed by atoms with Crippen molar-refractivity contribution in [2.75, 3.05) is 6.54 Å². The predicted octanol–water partition coefficient (Wildman–Crippen LogP) is 3.15. The van der Waals surface area contributed by atoms with Crippen LogP contribution < -0.4 is 11.1 Å². The summed E-state index contributed by atoms with van der Waals surface area (Å²) in [6, 6.07) is 8.05. The number of benzene rings is 1. The summed E-state index contributed by atoms with van der Waals surface area (Å²) in [4.78, 5) is 12.1. The van der Waals surface area contributed by atoms with Crippen molar-refractivity contribution in [2.45, 2.75) is 38.6 Å². The molecule has 0 saturated heterocycles. The molecule has 104 valence electrons. The Hall–Kier alpha value is -0.870. The Morgan fingerprint density at radius 2 is 2.26 bits per heavy atom. The van der Waals surface area contributed by atoms with Gasteiger partial charge in [-0.15, -0.1) is 0 Å². The first-order valence-electron chi connectivity index (χ1n) is 6.80. The molecule has 0 radical (unpaired) electrons. The monoisotopic (exact) mass is 324 g/mol. The van der Waals surface area contributed by atoms with E-state index in [1.165, 1.54) is 6.42 Å². The molecule has 19 heavy (non-hydrogen) atoms. The number of carbonyl (C=O) groups excluding carboxylic acids is 1. The zero-order valence-electron chi connectivity index (χ0n) is 11.3. The molecule has 0 spiro atoms. The Labute approximate surface area is 123 Å². The number of rotatable bonds is 5. The first-order valence-corrected chi connectivity index (χ1v) is 7.59. The van der Waals surface area contributed by atoms with Gasteiger partial charge in [0.15, 0.2) is 0 Å². The summed E-state index contributed by atoms with van der Waals surface area (Å²) in [5.74, 6) is 0.109. The molecule has 4 heteroatoms. The van der Waals surface area contributed by atoms with E-state index in [1.54, 1.807) is 0 Å². The molecular weight excluding hydrogens is 304 g/mol. The summed E-state index contributed by atoms with van der Waals surface area (Å²) in [6.45, 7) is 2.63. The Kier molecular flexibility index (Phi) is 4.63. The summed E-state index contributed by atoms with van der Waals surface area (Å²) >= 11 is 3.45. The second kappa shape index (κ2) is 6.06. The molecule has 0 unspecified atom stereocenters. The molecule has 1 aliphatic carbocycles. The van der Waals surface area contributed by atoms with Crippen LogP contribution in [0.1, 0.15) is 44.2 Å². The van der Waals surface area contributed by atoms with Crippen molar-refractivity contribution in [3.05, 3.63) is 34.3 Å². The van der Waals surface area contributed by atoms with Gasteiger partial charge < -0.3 is 11.1 Å². The molecular formula is C15H21BrN2O. The molecule has 3 nitrogen and oxygen atoms in total. The lowest BCUT2D eigenvalue weighted by molar-refractivity contribution is -0.125. The lowest BCUT2D eigenvalue weighted by Gasteiger charge is -2.40. The SMILES string of the molecule is C[C@@H](NC(=O)CC1(CN)CCC1)c1cccc(Br)c1. The normalized spacial score (nSPS) is 18.5. The van der Waals surface area contributed by atoms with Crippen molar-refractivity contribution in [3.63, 3.8) is 0 Å². The van der Waals surface area contributed by atoms with Crippen molar-refractivity contribution in [1.29, 1.82) is 0 Å². The van der Waals surface area contributed by atoms with E-state index in [0.717, 1.165) is 22.9 Å². The third-order valence-electron chi connectivity index (χ3n) is 4.11. The van der Waals surface area contributed by atoms with Crippen LogP contribution in [0, 0.1) is 5.41 Å². The van der Waals surface area contributed by atoms with Crippen molar-refractivity contribution in [1.82, 2.24) is 5.32 Å². The fraction of sp³-hybridized carbons (Fsp3) is 0.533. The molecule has 1 amide bonds. The topological polar surface area (TPSA) is 55.1 Å². The van der Waals surface area contributed by atoms with E-state index >= 15 is 0 Å². The molecule has 1 atom stereocenters. The summed E-state index contributed by atoms with van der Waals surface area (Å²) in [7, 11) is 0. The molecule has 1 aliphatic rings. The highest BCUT2D eigenvalue weighted by molar-refractivity contribution is 9.10. The summed E-state index contributed by atoms with van der Waals surface area (Å²) < 4.78 is 1.03. The number of nitrogens with one attached hydrogen (secondary N) is 1. The average Bonchev–Trinajstić information content (AvgIpc) is 2.34. The Bertz CT molecular complexity index is 452. The minimum absolute atomic E-state index is 0.0277. The quantitative estimate of drug-likeness (QED) is 0.874. The summed E-state index contributed by atoms with van der Waals surface area (Å²) in [5, 5.41) is 3.07. The van der Waals surface area contributed by atoms with E-state index in [-0.39, 0.29) is 17.4 Å². The lowest BCUT2D eigenvalue weighted by atomic mass is 9.66. The van der Waals surface area contributed by atoms with Gasteiger partial charge in [0.25, 0.3) is 0 Å². The Morgan fingerprint density at radius 1 is 1.53 bits per heavy atom. The Morgan fingerprint density at radius 3 is 2.79 bits per heavy atom. The van der Waals surface area contributed by atoms with Gasteiger partial charge in [-0.05, 0) is 49.4 Å². The summed E-state index contributed by atoms with van der Waals surface area (Å²) in [6.07, 6.45) is 3.93. The highest BCUT2D eigenvalue weighted by atomic mass is 79.9. The van der Waals surface area contributed by atoms with Crippen LogP contribution in [0.25, 0.3) is 0 Å².